The molecule has 228 valence electrons. The number of carbonyl (C=O) groups is 1. The van der Waals surface area contributed by atoms with Crippen molar-refractivity contribution in [2.75, 3.05) is 6.54 Å². The first-order valence-corrected chi connectivity index (χ1v) is 17.7. The van der Waals surface area contributed by atoms with Gasteiger partial charge in [-0.1, -0.05) is 95.6 Å². The first-order chi connectivity index (χ1) is 21.0. The lowest BCUT2D eigenvalue weighted by Gasteiger charge is -2.51. The van der Waals surface area contributed by atoms with Gasteiger partial charge in [-0.3, -0.25) is 4.79 Å². The van der Waals surface area contributed by atoms with E-state index in [9.17, 15) is 21.6 Å². The van der Waals surface area contributed by atoms with Crippen LogP contribution in [0.25, 0.3) is 0 Å². The number of carbonyl (C=O) groups excluding carboxylic acids is 1. The van der Waals surface area contributed by atoms with Gasteiger partial charge in [0.15, 0.2) is 0 Å². The van der Waals surface area contributed by atoms with E-state index in [4.69, 9.17) is 0 Å². The Morgan fingerprint density at radius 3 is 1.77 bits per heavy atom. The average molecular weight is 629 g/mol. The highest BCUT2D eigenvalue weighted by atomic mass is 32.2. The summed E-state index contributed by atoms with van der Waals surface area (Å²) in [5, 5.41) is 0. The van der Waals surface area contributed by atoms with Crippen molar-refractivity contribution in [3.05, 3.63) is 131 Å². The number of Topliss-reactive ketones (excluding diaryl/α,β-unsaturated/α-hetero) is 1. The van der Waals surface area contributed by atoms with Gasteiger partial charge in [0.05, 0.1) is 21.9 Å². The molecule has 0 saturated carbocycles. The van der Waals surface area contributed by atoms with Crippen LogP contribution in [0.5, 0.6) is 0 Å². The molecule has 0 N–H and O–H groups in total. The molecule has 0 bridgehead atoms. The molecule has 2 heterocycles. The normalized spacial score (nSPS) is 23.3. The third-order valence-electron chi connectivity index (χ3n) is 8.93. The van der Waals surface area contributed by atoms with E-state index in [-0.39, 0.29) is 35.0 Å². The van der Waals surface area contributed by atoms with Crippen LogP contribution in [0.2, 0.25) is 0 Å². The monoisotopic (exact) mass is 628 g/mol. The maximum Gasteiger partial charge on any atom is 0.243 e. The van der Waals surface area contributed by atoms with E-state index in [1.54, 1.807) is 48.5 Å². The van der Waals surface area contributed by atoms with E-state index in [0.717, 1.165) is 27.8 Å². The topological polar surface area (TPSA) is 91.8 Å². The summed E-state index contributed by atoms with van der Waals surface area (Å²) in [6.45, 7) is 5.62. The molecule has 2 fully saturated rings. The number of fused-ring (bicyclic) bond motifs is 1. The second kappa shape index (κ2) is 11.7. The Bertz CT molecular complexity index is 1890. The van der Waals surface area contributed by atoms with Crippen molar-refractivity contribution < 1.29 is 21.6 Å². The van der Waals surface area contributed by atoms with Crippen LogP contribution in [0.3, 0.4) is 0 Å². The van der Waals surface area contributed by atoms with E-state index in [1.807, 2.05) is 75.4 Å². The molecular weight excluding hydrogens is 593 g/mol. The molecule has 0 aromatic heterocycles. The van der Waals surface area contributed by atoms with Crippen LogP contribution < -0.4 is 0 Å². The summed E-state index contributed by atoms with van der Waals surface area (Å²) < 4.78 is 60.5. The summed E-state index contributed by atoms with van der Waals surface area (Å²) in [5.41, 5.74) is 4.33. The van der Waals surface area contributed by atoms with Gasteiger partial charge >= 0.3 is 0 Å². The molecule has 0 aliphatic carbocycles. The van der Waals surface area contributed by atoms with Gasteiger partial charge in [0.1, 0.15) is 5.78 Å². The molecule has 7 nitrogen and oxygen atoms in total. The number of nitrogens with zero attached hydrogens (tertiary/aromatic N) is 2. The molecule has 2 unspecified atom stereocenters. The quantitative estimate of drug-likeness (QED) is 0.256. The van der Waals surface area contributed by atoms with Crippen LogP contribution in [0.15, 0.2) is 113 Å². The number of hydrogen-bond acceptors (Lipinski definition) is 5. The zero-order valence-electron chi connectivity index (χ0n) is 25.0. The minimum atomic E-state index is -4.08. The van der Waals surface area contributed by atoms with Crippen molar-refractivity contribution in [2.24, 2.45) is 5.92 Å². The van der Waals surface area contributed by atoms with E-state index in [2.05, 4.69) is 0 Å². The Balaban J connectivity index is 1.51. The molecule has 2 aliphatic heterocycles. The maximum atomic E-state index is 14.6. The Kier molecular flexibility index (Phi) is 8.09. The number of aryl methyl sites for hydroxylation is 3. The first kappa shape index (κ1) is 30.4. The second-order valence-electron chi connectivity index (χ2n) is 12.0. The summed E-state index contributed by atoms with van der Waals surface area (Å²) in [6.07, 6.45) is 0.100. The highest BCUT2D eigenvalue weighted by molar-refractivity contribution is 7.89. The fraction of sp³-hybridized carbons (Fsp3) is 0.286. The SMILES string of the molecule is Cc1ccc(S(=O)(=O)N2C[C@H]3C(=O)CC(c4ccccc4)N(S(=O)(=O)c4ccc(C)cc4)[C@H]3CC2c2cccc(C)c2)cc1. The zero-order valence-corrected chi connectivity index (χ0v) is 26.6. The lowest BCUT2D eigenvalue weighted by Crippen LogP contribution is -2.60. The van der Waals surface area contributed by atoms with Gasteiger partial charge in [-0.25, -0.2) is 16.8 Å². The Morgan fingerprint density at radius 1 is 0.614 bits per heavy atom. The van der Waals surface area contributed by atoms with Crippen LogP contribution in [0.4, 0.5) is 0 Å². The number of ketones is 1. The van der Waals surface area contributed by atoms with E-state index in [1.165, 1.54) is 8.61 Å². The summed E-state index contributed by atoms with van der Waals surface area (Å²) in [4.78, 5) is 14.3. The molecule has 2 aliphatic rings. The summed E-state index contributed by atoms with van der Waals surface area (Å²) >= 11 is 0. The predicted molar refractivity (Wildman–Crippen MR) is 170 cm³/mol. The molecule has 4 aromatic carbocycles. The first-order valence-electron chi connectivity index (χ1n) is 14.8. The van der Waals surface area contributed by atoms with Crippen molar-refractivity contribution in [2.45, 2.75) is 61.5 Å². The van der Waals surface area contributed by atoms with Crippen LogP contribution in [-0.2, 0) is 24.8 Å². The van der Waals surface area contributed by atoms with Crippen molar-refractivity contribution >= 4 is 25.8 Å². The summed E-state index contributed by atoms with van der Waals surface area (Å²) in [5.74, 6) is -0.956. The number of rotatable bonds is 6. The highest BCUT2D eigenvalue weighted by Gasteiger charge is 2.54. The molecule has 44 heavy (non-hydrogen) atoms. The van der Waals surface area contributed by atoms with E-state index >= 15 is 0 Å². The van der Waals surface area contributed by atoms with Crippen molar-refractivity contribution in [3.63, 3.8) is 0 Å². The Labute approximate surface area is 260 Å². The second-order valence-corrected chi connectivity index (χ2v) is 15.7. The smallest absolute Gasteiger partial charge is 0.243 e. The fourth-order valence-electron chi connectivity index (χ4n) is 6.62. The molecule has 2 saturated heterocycles. The van der Waals surface area contributed by atoms with Gasteiger partial charge < -0.3 is 0 Å². The third kappa shape index (κ3) is 5.54. The molecule has 4 aromatic rings. The zero-order chi connectivity index (χ0) is 31.2. The minimum Gasteiger partial charge on any atom is -0.299 e. The van der Waals surface area contributed by atoms with Gasteiger partial charge in [-0.15, -0.1) is 0 Å². The van der Waals surface area contributed by atoms with Gasteiger partial charge in [-0.05, 0) is 62.6 Å². The largest absolute Gasteiger partial charge is 0.299 e. The van der Waals surface area contributed by atoms with Crippen molar-refractivity contribution in [1.82, 2.24) is 8.61 Å². The third-order valence-corrected chi connectivity index (χ3v) is 12.8. The van der Waals surface area contributed by atoms with Gasteiger partial charge in [0, 0.05) is 24.9 Å². The van der Waals surface area contributed by atoms with Gasteiger partial charge in [-0.2, -0.15) is 8.61 Å². The molecular formula is C35H36N2O5S2. The number of benzene rings is 4. The van der Waals surface area contributed by atoms with Crippen LogP contribution in [0.1, 0.15) is 52.7 Å². The van der Waals surface area contributed by atoms with Crippen molar-refractivity contribution in [1.29, 1.82) is 0 Å². The highest BCUT2D eigenvalue weighted by Crippen LogP contribution is 2.48. The summed E-state index contributed by atoms with van der Waals surface area (Å²) in [7, 11) is -8.11. The van der Waals surface area contributed by atoms with E-state index in [0.29, 0.717) is 0 Å². The molecule has 9 heteroatoms. The van der Waals surface area contributed by atoms with Crippen LogP contribution in [-0.4, -0.2) is 43.8 Å². The number of piperidine rings is 2. The molecule has 0 amide bonds. The van der Waals surface area contributed by atoms with E-state index < -0.39 is 44.1 Å². The lowest BCUT2D eigenvalue weighted by atomic mass is 9.77. The molecule has 4 atom stereocenters. The average Bonchev–Trinajstić information content (AvgIpc) is 3.01. The number of sulfonamides is 2. The molecule has 0 spiro atoms. The predicted octanol–water partition coefficient (Wildman–Crippen LogP) is 6.14. The standard InChI is InChI=1S/C35H36N2O5S2/c1-24-12-16-29(17-13-24)43(39,40)36-23-31-34(21-32(36)28-11-7-8-26(3)20-28)37(44(41,42)30-18-14-25(2)15-19-30)33(22-35(31)38)27-9-5-4-6-10-27/h4-20,31-34H,21-23H2,1-3H3/t31-,32?,33?,34+/m1/s1. The summed E-state index contributed by atoms with van der Waals surface area (Å²) in [6, 6.07) is 28.2. The van der Waals surface area contributed by atoms with Gasteiger partial charge in [0.25, 0.3) is 0 Å². The van der Waals surface area contributed by atoms with Gasteiger partial charge in [0.2, 0.25) is 20.0 Å². The van der Waals surface area contributed by atoms with Crippen LogP contribution in [0, 0.1) is 26.7 Å². The Morgan fingerprint density at radius 2 is 1.18 bits per heavy atom. The lowest BCUT2D eigenvalue weighted by molar-refractivity contribution is -0.132. The molecule has 0 radical (unpaired) electrons. The van der Waals surface area contributed by atoms with Crippen LogP contribution >= 0.6 is 0 Å². The maximum absolute atomic E-state index is 14.6. The molecule has 6 rings (SSSR count). The Hall–Kier alpha value is -3.63. The minimum absolute atomic E-state index is 0.0379. The fourth-order valence-corrected chi connectivity index (χ4v) is 10.1. The van der Waals surface area contributed by atoms with Crippen molar-refractivity contribution in [3.8, 4) is 0 Å². The number of hydrogen-bond donors (Lipinski definition) is 0.